The Balaban J connectivity index is 2.73. The van der Waals surface area contributed by atoms with Crippen LogP contribution in [0.4, 0.5) is 5.95 Å². The first-order chi connectivity index (χ1) is 8.01. The highest BCUT2D eigenvalue weighted by atomic mass is 15.2. The average Bonchev–Trinajstić information content (AvgIpc) is 2.64. The Kier molecular flexibility index (Phi) is 2.86. The topological polar surface area (TPSA) is 43.8 Å². The molecule has 0 saturated carbocycles. The van der Waals surface area contributed by atoms with Crippen molar-refractivity contribution in [2.45, 2.75) is 46.1 Å². The molecule has 1 heterocycles. The summed E-state index contributed by atoms with van der Waals surface area (Å²) in [6, 6.07) is 6.33. The van der Waals surface area contributed by atoms with Gasteiger partial charge in [-0.25, -0.2) is 4.98 Å². The largest absolute Gasteiger partial charge is 0.369 e. The molecular formula is C14H21N3. The Morgan fingerprint density at radius 1 is 1.29 bits per heavy atom. The van der Waals surface area contributed by atoms with E-state index in [0.717, 1.165) is 23.9 Å². The summed E-state index contributed by atoms with van der Waals surface area (Å²) in [7, 11) is 0. The molecule has 92 valence electrons. The average molecular weight is 231 g/mol. The summed E-state index contributed by atoms with van der Waals surface area (Å²) in [4.78, 5) is 4.48. The highest BCUT2D eigenvalue weighted by molar-refractivity contribution is 5.79. The second kappa shape index (κ2) is 4.06. The lowest BCUT2D eigenvalue weighted by molar-refractivity contribution is 0.307. The van der Waals surface area contributed by atoms with Gasteiger partial charge in [0, 0.05) is 5.54 Å². The van der Waals surface area contributed by atoms with Crippen molar-refractivity contribution in [3.63, 3.8) is 0 Å². The molecule has 0 amide bonds. The van der Waals surface area contributed by atoms with Gasteiger partial charge in [-0.1, -0.05) is 19.9 Å². The van der Waals surface area contributed by atoms with E-state index >= 15 is 0 Å². The molecule has 0 spiro atoms. The summed E-state index contributed by atoms with van der Waals surface area (Å²) >= 11 is 0. The summed E-state index contributed by atoms with van der Waals surface area (Å²) in [5, 5.41) is 0. The minimum Gasteiger partial charge on any atom is -0.369 e. The van der Waals surface area contributed by atoms with Gasteiger partial charge in [0.05, 0.1) is 11.0 Å². The Morgan fingerprint density at radius 3 is 2.53 bits per heavy atom. The number of rotatable bonds is 3. The van der Waals surface area contributed by atoms with Crippen molar-refractivity contribution >= 4 is 17.0 Å². The van der Waals surface area contributed by atoms with Crippen molar-refractivity contribution < 1.29 is 0 Å². The standard InChI is InChI=1S/C14H21N3/c1-5-14(4,6-2)17-12-8-7-10(3)9-11(12)16-13(17)15/h7-9H,5-6H2,1-4H3,(H2,15,16). The molecule has 2 N–H and O–H groups in total. The fourth-order valence-corrected chi connectivity index (χ4v) is 2.34. The van der Waals surface area contributed by atoms with Gasteiger partial charge in [0.2, 0.25) is 5.95 Å². The van der Waals surface area contributed by atoms with Gasteiger partial charge in [-0.05, 0) is 44.4 Å². The molecule has 0 fully saturated rings. The van der Waals surface area contributed by atoms with Crippen molar-refractivity contribution in [1.29, 1.82) is 0 Å². The summed E-state index contributed by atoms with van der Waals surface area (Å²) < 4.78 is 2.18. The number of hydrogen-bond donors (Lipinski definition) is 1. The molecule has 0 aliphatic carbocycles. The van der Waals surface area contributed by atoms with Crippen molar-refractivity contribution in [3.8, 4) is 0 Å². The van der Waals surface area contributed by atoms with Crippen LogP contribution in [0.25, 0.3) is 11.0 Å². The van der Waals surface area contributed by atoms with Gasteiger partial charge in [-0.15, -0.1) is 0 Å². The minimum atomic E-state index is 0.0497. The number of imidazole rings is 1. The Morgan fingerprint density at radius 2 is 1.94 bits per heavy atom. The highest BCUT2D eigenvalue weighted by Crippen LogP contribution is 2.32. The van der Waals surface area contributed by atoms with Gasteiger partial charge in [-0.3, -0.25) is 0 Å². The summed E-state index contributed by atoms with van der Waals surface area (Å²) in [5.74, 6) is 0.622. The van der Waals surface area contributed by atoms with Crippen LogP contribution in [-0.2, 0) is 5.54 Å². The van der Waals surface area contributed by atoms with Gasteiger partial charge in [0.25, 0.3) is 0 Å². The van der Waals surface area contributed by atoms with E-state index in [-0.39, 0.29) is 5.54 Å². The number of nitrogens with zero attached hydrogens (tertiary/aromatic N) is 2. The molecule has 1 aromatic carbocycles. The van der Waals surface area contributed by atoms with Crippen LogP contribution < -0.4 is 5.73 Å². The molecule has 3 heteroatoms. The van der Waals surface area contributed by atoms with E-state index in [2.05, 4.69) is 55.4 Å². The molecule has 0 aliphatic heterocycles. The van der Waals surface area contributed by atoms with Crippen molar-refractivity contribution in [1.82, 2.24) is 9.55 Å². The normalized spacial score (nSPS) is 12.2. The SMILES string of the molecule is CCC(C)(CC)n1c(N)nc2cc(C)ccc21. The van der Waals surface area contributed by atoms with Crippen LogP contribution in [0.2, 0.25) is 0 Å². The number of nitrogens with two attached hydrogens (primary N) is 1. The molecule has 0 bridgehead atoms. The van der Waals surface area contributed by atoms with E-state index in [0.29, 0.717) is 5.95 Å². The molecule has 2 rings (SSSR count). The van der Waals surface area contributed by atoms with Crippen LogP contribution in [0.15, 0.2) is 18.2 Å². The molecule has 2 aromatic rings. The van der Waals surface area contributed by atoms with Crippen molar-refractivity contribution in [3.05, 3.63) is 23.8 Å². The Bertz CT molecular complexity index is 536. The van der Waals surface area contributed by atoms with Crippen molar-refractivity contribution in [2.24, 2.45) is 0 Å². The van der Waals surface area contributed by atoms with E-state index in [1.165, 1.54) is 5.56 Å². The molecular weight excluding hydrogens is 210 g/mol. The zero-order valence-corrected chi connectivity index (χ0v) is 11.1. The molecule has 0 unspecified atom stereocenters. The smallest absolute Gasteiger partial charge is 0.201 e. The Hall–Kier alpha value is -1.51. The predicted octanol–water partition coefficient (Wildman–Crippen LogP) is 3.46. The first kappa shape index (κ1) is 12.0. The fourth-order valence-electron chi connectivity index (χ4n) is 2.34. The molecule has 0 aliphatic rings. The van der Waals surface area contributed by atoms with E-state index in [4.69, 9.17) is 5.73 Å². The second-order valence-electron chi connectivity index (χ2n) is 5.00. The van der Waals surface area contributed by atoms with Crippen LogP contribution in [0.1, 0.15) is 39.2 Å². The number of anilines is 1. The number of fused-ring (bicyclic) bond motifs is 1. The summed E-state index contributed by atoms with van der Waals surface area (Å²) in [6.07, 6.45) is 2.10. The monoisotopic (exact) mass is 231 g/mol. The van der Waals surface area contributed by atoms with Crippen LogP contribution in [0.3, 0.4) is 0 Å². The molecule has 0 saturated heterocycles. The minimum absolute atomic E-state index is 0.0497. The third-order valence-corrected chi connectivity index (χ3v) is 3.90. The zero-order chi connectivity index (χ0) is 12.6. The van der Waals surface area contributed by atoms with Gasteiger partial charge >= 0.3 is 0 Å². The van der Waals surface area contributed by atoms with Crippen LogP contribution in [-0.4, -0.2) is 9.55 Å². The number of aryl methyl sites for hydroxylation is 1. The number of hydrogen-bond acceptors (Lipinski definition) is 2. The first-order valence-corrected chi connectivity index (χ1v) is 6.27. The molecule has 0 radical (unpaired) electrons. The third kappa shape index (κ3) is 1.79. The predicted molar refractivity (Wildman–Crippen MR) is 73.1 cm³/mol. The lowest BCUT2D eigenvalue weighted by Crippen LogP contribution is -2.29. The maximum atomic E-state index is 6.09. The quantitative estimate of drug-likeness (QED) is 0.879. The number of aromatic nitrogens is 2. The lowest BCUT2D eigenvalue weighted by atomic mass is 9.95. The van der Waals surface area contributed by atoms with Gasteiger partial charge in [-0.2, -0.15) is 0 Å². The number of nitrogen functional groups attached to an aromatic ring is 1. The first-order valence-electron chi connectivity index (χ1n) is 6.27. The highest BCUT2D eigenvalue weighted by Gasteiger charge is 2.26. The van der Waals surface area contributed by atoms with E-state index in [1.54, 1.807) is 0 Å². The number of benzene rings is 1. The van der Waals surface area contributed by atoms with Crippen LogP contribution in [0, 0.1) is 6.92 Å². The van der Waals surface area contributed by atoms with Gasteiger partial charge in [0.1, 0.15) is 0 Å². The molecule has 17 heavy (non-hydrogen) atoms. The van der Waals surface area contributed by atoms with Gasteiger partial charge < -0.3 is 10.3 Å². The molecule has 3 nitrogen and oxygen atoms in total. The molecule has 1 aromatic heterocycles. The second-order valence-corrected chi connectivity index (χ2v) is 5.00. The fraction of sp³-hybridized carbons (Fsp3) is 0.500. The van der Waals surface area contributed by atoms with E-state index < -0.39 is 0 Å². The maximum Gasteiger partial charge on any atom is 0.201 e. The lowest BCUT2D eigenvalue weighted by Gasteiger charge is -2.30. The van der Waals surface area contributed by atoms with Crippen molar-refractivity contribution in [2.75, 3.05) is 5.73 Å². The van der Waals surface area contributed by atoms with Crippen LogP contribution in [0.5, 0.6) is 0 Å². The zero-order valence-electron chi connectivity index (χ0n) is 11.1. The van der Waals surface area contributed by atoms with Gasteiger partial charge in [0.15, 0.2) is 0 Å². The summed E-state index contributed by atoms with van der Waals surface area (Å²) in [5.41, 5.74) is 9.50. The summed E-state index contributed by atoms with van der Waals surface area (Å²) in [6.45, 7) is 8.71. The third-order valence-electron chi connectivity index (χ3n) is 3.90. The Labute approximate surface area is 103 Å². The maximum absolute atomic E-state index is 6.09. The molecule has 0 atom stereocenters. The van der Waals surface area contributed by atoms with E-state index in [1.807, 2.05) is 0 Å². The van der Waals surface area contributed by atoms with Crippen LogP contribution >= 0.6 is 0 Å². The van der Waals surface area contributed by atoms with E-state index in [9.17, 15) is 0 Å².